The Balaban J connectivity index is 1.42. The number of hydrogen-bond donors (Lipinski definition) is 2. The molecule has 0 saturated heterocycles. The van der Waals surface area contributed by atoms with Gasteiger partial charge in [-0.1, -0.05) is 95.8 Å². The number of carbonyl (C=O) groups excluding carboxylic acids is 2. The number of thiazole rings is 1. The van der Waals surface area contributed by atoms with Gasteiger partial charge in [0.05, 0.1) is 29.1 Å². The Kier molecular flexibility index (Phi) is 7.61. The van der Waals surface area contributed by atoms with Crippen LogP contribution in [0, 0.1) is 6.92 Å². The van der Waals surface area contributed by atoms with Gasteiger partial charge in [-0.2, -0.15) is 0 Å². The van der Waals surface area contributed by atoms with Gasteiger partial charge in [0.2, 0.25) is 17.8 Å². The Morgan fingerprint density at radius 2 is 1.42 bits per heavy atom. The highest BCUT2D eigenvalue weighted by Gasteiger charge is 2.19. The zero-order chi connectivity index (χ0) is 26.3. The maximum absolute atomic E-state index is 12.7. The van der Waals surface area contributed by atoms with Gasteiger partial charge in [0.1, 0.15) is 0 Å². The Morgan fingerprint density at radius 1 is 0.763 bits per heavy atom. The fourth-order valence-electron chi connectivity index (χ4n) is 3.98. The van der Waals surface area contributed by atoms with Crippen molar-refractivity contribution >= 4 is 34.2 Å². The van der Waals surface area contributed by atoms with Crippen molar-refractivity contribution < 1.29 is 9.59 Å². The zero-order valence-electron chi connectivity index (χ0n) is 20.7. The van der Waals surface area contributed by atoms with Crippen molar-refractivity contribution in [3.63, 3.8) is 0 Å². The number of aromatic nitrogens is 3. The Labute approximate surface area is 224 Å². The number of nitrogens with zero attached hydrogens (tertiary/aromatic N) is 3. The molecule has 2 amide bonds. The van der Waals surface area contributed by atoms with Crippen LogP contribution in [0.3, 0.4) is 0 Å². The summed E-state index contributed by atoms with van der Waals surface area (Å²) in [7, 11) is 0. The van der Waals surface area contributed by atoms with Crippen LogP contribution in [-0.4, -0.2) is 26.8 Å². The molecule has 2 heterocycles. The third kappa shape index (κ3) is 6.35. The van der Waals surface area contributed by atoms with E-state index in [9.17, 15) is 9.59 Å². The number of hydrogen-bond acceptors (Lipinski definition) is 6. The predicted molar refractivity (Wildman–Crippen MR) is 151 cm³/mol. The number of amides is 2. The van der Waals surface area contributed by atoms with Crippen molar-refractivity contribution in [2.24, 2.45) is 0 Å². The second kappa shape index (κ2) is 11.6. The van der Waals surface area contributed by atoms with Crippen LogP contribution >= 0.6 is 11.3 Å². The van der Waals surface area contributed by atoms with Crippen LogP contribution in [-0.2, 0) is 22.4 Å². The molecule has 8 heteroatoms. The summed E-state index contributed by atoms with van der Waals surface area (Å²) in [5, 5.41) is 6.20. The van der Waals surface area contributed by atoms with Crippen molar-refractivity contribution in [3.8, 4) is 21.8 Å². The van der Waals surface area contributed by atoms with Gasteiger partial charge in [0.25, 0.3) is 0 Å². The van der Waals surface area contributed by atoms with Crippen LogP contribution in [0.2, 0.25) is 0 Å². The quantitative estimate of drug-likeness (QED) is 0.265. The molecule has 188 valence electrons. The minimum Gasteiger partial charge on any atom is -0.302 e. The predicted octanol–water partition coefficient (Wildman–Crippen LogP) is 5.94. The molecule has 7 nitrogen and oxygen atoms in total. The number of carbonyl (C=O) groups is 2. The number of rotatable bonds is 8. The third-order valence-electron chi connectivity index (χ3n) is 5.72. The maximum atomic E-state index is 12.7. The molecule has 0 atom stereocenters. The monoisotopic (exact) mass is 519 g/mol. The first kappa shape index (κ1) is 25.0. The highest BCUT2D eigenvalue weighted by Crippen LogP contribution is 2.38. The molecule has 0 saturated carbocycles. The van der Waals surface area contributed by atoms with Gasteiger partial charge in [-0.05, 0) is 30.2 Å². The molecule has 0 spiro atoms. The number of nitrogens with one attached hydrogen (secondary N) is 2. The fraction of sp³-hybridized carbons (Fsp3) is 0.100. The number of aryl methyl sites for hydroxylation is 1. The largest absolute Gasteiger partial charge is 0.302 e. The van der Waals surface area contributed by atoms with E-state index >= 15 is 0 Å². The standard InChI is InChI=1S/C30H25N5O2S/c1-20-9-8-14-23(17-20)27-28(38-30(35-27)34-26(37)19-22-12-6-3-7-13-22)24-15-16-31-29(32-24)33-25(36)18-21-10-4-2-5-11-21/h2-17H,18-19H2,1H3,(H,34,35,37)(H,31,32,33,36). The van der Waals surface area contributed by atoms with Gasteiger partial charge in [-0.25, -0.2) is 15.0 Å². The normalized spacial score (nSPS) is 10.7. The van der Waals surface area contributed by atoms with Gasteiger partial charge in [0.15, 0.2) is 5.13 Å². The first-order chi connectivity index (χ1) is 18.5. The molecule has 0 fully saturated rings. The SMILES string of the molecule is Cc1cccc(-c2nc(NC(=O)Cc3ccccc3)sc2-c2ccnc(NC(=O)Cc3ccccc3)n2)c1. The lowest BCUT2D eigenvalue weighted by molar-refractivity contribution is -0.116. The van der Waals surface area contributed by atoms with E-state index in [1.54, 1.807) is 12.3 Å². The lowest BCUT2D eigenvalue weighted by Gasteiger charge is -2.07. The van der Waals surface area contributed by atoms with Crippen LogP contribution < -0.4 is 10.6 Å². The molecule has 0 aliphatic heterocycles. The van der Waals surface area contributed by atoms with E-state index in [0.717, 1.165) is 27.1 Å². The fourth-order valence-corrected chi connectivity index (χ4v) is 4.95. The molecular weight excluding hydrogens is 494 g/mol. The number of anilines is 2. The summed E-state index contributed by atoms with van der Waals surface area (Å²) in [5.41, 5.74) is 5.14. The van der Waals surface area contributed by atoms with E-state index in [1.165, 1.54) is 11.3 Å². The van der Waals surface area contributed by atoms with Crippen molar-refractivity contribution in [3.05, 3.63) is 114 Å². The molecule has 0 unspecified atom stereocenters. The first-order valence-electron chi connectivity index (χ1n) is 12.1. The molecule has 0 aliphatic rings. The lowest BCUT2D eigenvalue weighted by Crippen LogP contribution is -2.16. The van der Waals surface area contributed by atoms with Gasteiger partial charge in [-0.15, -0.1) is 0 Å². The third-order valence-corrected chi connectivity index (χ3v) is 6.71. The molecule has 5 aromatic rings. The molecule has 0 radical (unpaired) electrons. The smallest absolute Gasteiger partial charge is 0.231 e. The summed E-state index contributed by atoms with van der Waals surface area (Å²) in [6, 6.07) is 28.8. The molecule has 2 aromatic heterocycles. The first-order valence-corrected chi connectivity index (χ1v) is 12.9. The van der Waals surface area contributed by atoms with E-state index in [1.807, 2.05) is 91.9 Å². The molecule has 3 aromatic carbocycles. The van der Waals surface area contributed by atoms with Crippen LogP contribution in [0.4, 0.5) is 11.1 Å². The van der Waals surface area contributed by atoms with E-state index in [-0.39, 0.29) is 30.6 Å². The molecule has 0 bridgehead atoms. The summed E-state index contributed by atoms with van der Waals surface area (Å²) in [6.45, 7) is 2.02. The second-order valence-corrected chi connectivity index (χ2v) is 9.75. The minimum atomic E-state index is -0.203. The average molecular weight is 520 g/mol. The molecule has 2 N–H and O–H groups in total. The molecule has 38 heavy (non-hydrogen) atoms. The van der Waals surface area contributed by atoms with E-state index < -0.39 is 0 Å². The zero-order valence-corrected chi connectivity index (χ0v) is 21.5. The van der Waals surface area contributed by atoms with Gasteiger partial charge < -0.3 is 5.32 Å². The maximum Gasteiger partial charge on any atom is 0.231 e. The van der Waals surface area contributed by atoms with Crippen LogP contribution in [0.15, 0.2) is 97.2 Å². The Morgan fingerprint density at radius 3 is 2.08 bits per heavy atom. The minimum absolute atomic E-state index is 0.149. The Bertz CT molecular complexity index is 1570. The molecule has 5 rings (SSSR count). The topological polar surface area (TPSA) is 96.9 Å². The lowest BCUT2D eigenvalue weighted by atomic mass is 10.1. The molecular formula is C30H25N5O2S. The van der Waals surface area contributed by atoms with Crippen molar-refractivity contribution in [2.75, 3.05) is 10.6 Å². The summed E-state index contributed by atoms with van der Waals surface area (Å²) in [5.74, 6) is -0.143. The van der Waals surface area contributed by atoms with Gasteiger partial charge in [0, 0.05) is 11.8 Å². The van der Waals surface area contributed by atoms with Gasteiger partial charge in [-0.3, -0.25) is 14.9 Å². The van der Waals surface area contributed by atoms with E-state index in [2.05, 4.69) is 20.6 Å². The average Bonchev–Trinajstić information content (AvgIpc) is 3.33. The Hall–Kier alpha value is -4.69. The molecule has 0 aliphatic carbocycles. The van der Waals surface area contributed by atoms with Gasteiger partial charge >= 0.3 is 0 Å². The van der Waals surface area contributed by atoms with E-state index in [0.29, 0.717) is 16.5 Å². The second-order valence-electron chi connectivity index (χ2n) is 8.75. The van der Waals surface area contributed by atoms with Crippen molar-refractivity contribution in [1.82, 2.24) is 15.0 Å². The number of benzene rings is 3. The highest BCUT2D eigenvalue weighted by atomic mass is 32.1. The summed E-state index contributed by atoms with van der Waals surface area (Å²) < 4.78 is 0. The van der Waals surface area contributed by atoms with Crippen molar-refractivity contribution in [2.45, 2.75) is 19.8 Å². The summed E-state index contributed by atoms with van der Waals surface area (Å²) >= 11 is 1.34. The van der Waals surface area contributed by atoms with Crippen LogP contribution in [0.25, 0.3) is 21.8 Å². The van der Waals surface area contributed by atoms with E-state index in [4.69, 9.17) is 4.98 Å². The van der Waals surface area contributed by atoms with Crippen molar-refractivity contribution in [1.29, 1.82) is 0 Å². The van der Waals surface area contributed by atoms with Crippen LogP contribution in [0.1, 0.15) is 16.7 Å². The summed E-state index contributed by atoms with van der Waals surface area (Å²) in [4.78, 5) is 39.7. The highest BCUT2D eigenvalue weighted by molar-refractivity contribution is 7.19. The summed E-state index contributed by atoms with van der Waals surface area (Å²) in [6.07, 6.45) is 2.08. The van der Waals surface area contributed by atoms with Crippen LogP contribution in [0.5, 0.6) is 0 Å².